The van der Waals surface area contributed by atoms with Gasteiger partial charge in [-0.05, 0) is 35.8 Å². The first kappa shape index (κ1) is 26.8. The minimum Gasteiger partial charge on any atom is -0.493 e. The van der Waals surface area contributed by atoms with Crippen LogP contribution in [0.1, 0.15) is 0 Å². The molecule has 5 aromatic rings. The van der Waals surface area contributed by atoms with E-state index in [0.717, 1.165) is 27.3 Å². The molecule has 0 aliphatic rings. The molecule has 2 aromatic heterocycles. The molecule has 0 atom stereocenters. The molecule has 11 nitrogen and oxygen atoms in total. The Kier molecular flexibility index (Phi) is 7.69. The van der Waals surface area contributed by atoms with Crippen molar-refractivity contribution in [2.24, 2.45) is 0 Å². The molecule has 3 aromatic carbocycles. The number of benzene rings is 3. The van der Waals surface area contributed by atoms with E-state index in [2.05, 4.69) is 19.6 Å². The highest BCUT2D eigenvalue weighted by molar-refractivity contribution is 7.09. The first-order valence-corrected chi connectivity index (χ1v) is 12.8. The normalized spacial score (nSPS) is 10.8. The predicted octanol–water partition coefficient (Wildman–Crippen LogP) is 5.38. The zero-order valence-corrected chi connectivity index (χ0v) is 23.6. The maximum atomic E-state index is 5.46. The van der Waals surface area contributed by atoms with Gasteiger partial charge in [0.25, 0.3) is 0 Å². The number of hydrogen-bond acceptors (Lipinski definition) is 11. The molecule has 206 valence electrons. The first-order valence-electron chi connectivity index (χ1n) is 12.0. The van der Waals surface area contributed by atoms with Gasteiger partial charge in [-0.3, -0.25) is 5.10 Å². The minimum atomic E-state index is 0.498. The summed E-state index contributed by atoms with van der Waals surface area (Å²) in [6.45, 7) is 0. The van der Waals surface area contributed by atoms with E-state index in [-0.39, 0.29) is 0 Å². The molecule has 5 rings (SSSR count). The Hall–Kier alpha value is -4.84. The van der Waals surface area contributed by atoms with Crippen molar-refractivity contribution in [3.05, 3.63) is 48.5 Å². The summed E-state index contributed by atoms with van der Waals surface area (Å²) in [6, 6.07) is 15.1. The number of hydrogen-bond donors (Lipinski definition) is 1. The van der Waals surface area contributed by atoms with Gasteiger partial charge in [-0.2, -0.15) is 9.47 Å². The van der Waals surface area contributed by atoms with Gasteiger partial charge < -0.3 is 28.4 Å². The third kappa shape index (κ3) is 4.96. The van der Waals surface area contributed by atoms with Crippen molar-refractivity contribution in [1.82, 2.24) is 24.5 Å². The maximum absolute atomic E-state index is 5.46. The largest absolute Gasteiger partial charge is 0.493 e. The molecule has 12 heteroatoms. The maximum Gasteiger partial charge on any atom is 0.203 e. The summed E-state index contributed by atoms with van der Waals surface area (Å²) in [6.07, 6.45) is 0. The predicted molar refractivity (Wildman–Crippen MR) is 151 cm³/mol. The summed E-state index contributed by atoms with van der Waals surface area (Å²) in [5, 5.41) is 8.17. The van der Waals surface area contributed by atoms with Crippen molar-refractivity contribution in [2.45, 2.75) is 0 Å². The summed E-state index contributed by atoms with van der Waals surface area (Å²) >= 11 is 1.30. The van der Waals surface area contributed by atoms with Gasteiger partial charge in [0.1, 0.15) is 5.01 Å². The van der Waals surface area contributed by atoms with E-state index >= 15 is 0 Å². The number of ether oxygens (including phenoxy) is 6. The van der Waals surface area contributed by atoms with Gasteiger partial charge in [0.15, 0.2) is 40.5 Å². The SMILES string of the molecule is COc1cc(-c2n[nH]c(-c3ccc(-c4nc(-c5cc(OC)c(OC)c(OC)c5)ns4)cc3)n2)cc(OC)c1OC. The smallest absolute Gasteiger partial charge is 0.203 e. The monoisotopic (exact) mass is 561 g/mol. The van der Waals surface area contributed by atoms with Crippen molar-refractivity contribution in [2.75, 3.05) is 42.7 Å². The molecule has 40 heavy (non-hydrogen) atoms. The third-order valence-electron chi connectivity index (χ3n) is 6.16. The second-order valence-corrected chi connectivity index (χ2v) is 9.09. The molecule has 0 saturated heterocycles. The summed E-state index contributed by atoms with van der Waals surface area (Å²) in [5.74, 6) is 4.82. The molecule has 0 bridgehead atoms. The quantitative estimate of drug-likeness (QED) is 0.238. The Labute approximate surface area is 234 Å². The van der Waals surface area contributed by atoms with Gasteiger partial charge in [-0.1, -0.05) is 24.3 Å². The Balaban J connectivity index is 1.39. The van der Waals surface area contributed by atoms with Gasteiger partial charge in [-0.15, -0.1) is 0 Å². The standard InChI is InChI=1S/C28H27N5O6S/c1-34-19-11-17(12-20(35-2)23(19)38-5)26-29-25(31-32-26)15-7-9-16(10-8-15)28-30-27(33-40-28)18-13-21(36-3)24(39-6)22(14-18)37-4/h7-14H,1-6H3,(H,29,31,32). The van der Waals surface area contributed by atoms with Gasteiger partial charge in [0.2, 0.25) is 11.5 Å². The Bertz CT molecular complexity index is 1460. The molecule has 0 aliphatic carbocycles. The van der Waals surface area contributed by atoms with Gasteiger partial charge >= 0.3 is 0 Å². The summed E-state index contributed by atoms with van der Waals surface area (Å²) in [7, 11) is 9.41. The van der Waals surface area contributed by atoms with Crippen LogP contribution in [0.25, 0.3) is 44.7 Å². The summed E-state index contributed by atoms with van der Waals surface area (Å²) in [4.78, 5) is 9.41. The van der Waals surface area contributed by atoms with E-state index < -0.39 is 0 Å². The van der Waals surface area contributed by atoms with Crippen molar-refractivity contribution < 1.29 is 28.4 Å². The van der Waals surface area contributed by atoms with Gasteiger partial charge in [0, 0.05) is 22.3 Å². The number of nitrogens with zero attached hydrogens (tertiary/aromatic N) is 4. The molecule has 0 spiro atoms. The van der Waals surface area contributed by atoms with Crippen LogP contribution in [0.3, 0.4) is 0 Å². The van der Waals surface area contributed by atoms with Crippen LogP contribution in [0.15, 0.2) is 48.5 Å². The van der Waals surface area contributed by atoms with Crippen molar-refractivity contribution in [3.63, 3.8) is 0 Å². The van der Waals surface area contributed by atoms with E-state index in [4.69, 9.17) is 33.4 Å². The number of H-pyrrole nitrogens is 1. The van der Waals surface area contributed by atoms with Crippen molar-refractivity contribution in [1.29, 1.82) is 0 Å². The van der Waals surface area contributed by atoms with Crippen LogP contribution >= 0.6 is 11.5 Å². The summed E-state index contributed by atoms with van der Waals surface area (Å²) < 4.78 is 37.2. The molecule has 0 saturated carbocycles. The van der Waals surface area contributed by atoms with E-state index in [1.54, 1.807) is 54.8 Å². The Morgan fingerprint density at radius 2 is 1.02 bits per heavy atom. The van der Waals surface area contributed by atoms with Crippen LogP contribution in [0, 0.1) is 0 Å². The van der Waals surface area contributed by atoms with Crippen LogP contribution in [-0.4, -0.2) is 67.2 Å². The third-order valence-corrected chi connectivity index (χ3v) is 6.93. The van der Waals surface area contributed by atoms with Crippen LogP contribution < -0.4 is 28.4 Å². The fraction of sp³-hybridized carbons (Fsp3) is 0.214. The number of aromatic nitrogens is 5. The number of rotatable bonds is 10. The fourth-order valence-electron chi connectivity index (χ4n) is 4.17. The molecular formula is C28H27N5O6S. The lowest BCUT2D eigenvalue weighted by Crippen LogP contribution is -1.96. The average molecular weight is 562 g/mol. The Morgan fingerprint density at radius 3 is 1.50 bits per heavy atom. The first-order chi connectivity index (χ1) is 19.5. The number of aromatic amines is 1. The van der Waals surface area contributed by atoms with E-state index in [0.29, 0.717) is 52.0 Å². The Morgan fingerprint density at radius 1 is 0.550 bits per heavy atom. The highest BCUT2D eigenvalue weighted by atomic mass is 32.1. The van der Waals surface area contributed by atoms with Crippen LogP contribution in [0.5, 0.6) is 34.5 Å². The zero-order valence-electron chi connectivity index (χ0n) is 22.8. The number of methoxy groups -OCH3 is 6. The average Bonchev–Trinajstić information content (AvgIpc) is 3.70. The topological polar surface area (TPSA) is 123 Å². The summed E-state index contributed by atoms with van der Waals surface area (Å²) in [5.41, 5.74) is 3.27. The van der Waals surface area contributed by atoms with Crippen molar-refractivity contribution >= 4 is 11.5 Å². The molecule has 0 radical (unpaired) electrons. The minimum absolute atomic E-state index is 0.498. The lowest BCUT2D eigenvalue weighted by molar-refractivity contribution is 0.324. The molecule has 2 heterocycles. The fourth-order valence-corrected chi connectivity index (χ4v) is 4.86. The molecule has 0 unspecified atom stereocenters. The van der Waals surface area contributed by atoms with Crippen LogP contribution in [0.4, 0.5) is 0 Å². The highest BCUT2D eigenvalue weighted by Crippen LogP contribution is 2.42. The molecule has 0 aliphatic heterocycles. The second-order valence-electron chi connectivity index (χ2n) is 8.34. The van der Waals surface area contributed by atoms with Crippen LogP contribution in [0.2, 0.25) is 0 Å². The zero-order chi connectivity index (χ0) is 28.2. The van der Waals surface area contributed by atoms with E-state index in [1.807, 2.05) is 36.4 Å². The molecule has 0 amide bonds. The molecule has 0 fully saturated rings. The van der Waals surface area contributed by atoms with Gasteiger partial charge in [0.05, 0.1) is 42.7 Å². The lowest BCUT2D eigenvalue weighted by Gasteiger charge is -2.13. The van der Waals surface area contributed by atoms with E-state index in [1.165, 1.54) is 11.5 Å². The van der Waals surface area contributed by atoms with Crippen molar-refractivity contribution in [3.8, 4) is 79.2 Å². The highest BCUT2D eigenvalue weighted by Gasteiger charge is 2.19. The molecular weight excluding hydrogens is 534 g/mol. The lowest BCUT2D eigenvalue weighted by atomic mass is 10.1. The van der Waals surface area contributed by atoms with E-state index in [9.17, 15) is 0 Å². The van der Waals surface area contributed by atoms with Crippen LogP contribution in [-0.2, 0) is 0 Å². The second kappa shape index (κ2) is 11.5. The molecule has 1 N–H and O–H groups in total. The number of nitrogens with one attached hydrogen (secondary N) is 1. The van der Waals surface area contributed by atoms with Gasteiger partial charge in [-0.25, -0.2) is 9.97 Å².